The highest BCUT2D eigenvalue weighted by atomic mass is 32.1. The molecule has 4 N–H and O–H groups in total. The van der Waals surface area contributed by atoms with Crippen LogP contribution in [0.1, 0.15) is 17.3 Å². The number of nitro benzene ring substituents is 1. The third-order valence-corrected chi connectivity index (χ3v) is 4.47. The van der Waals surface area contributed by atoms with Crippen molar-refractivity contribution in [2.45, 2.75) is 6.92 Å². The summed E-state index contributed by atoms with van der Waals surface area (Å²) in [7, 11) is 0. The molecule has 0 saturated carbocycles. The van der Waals surface area contributed by atoms with Crippen molar-refractivity contribution in [2.75, 3.05) is 16.4 Å². The molecule has 0 unspecified atom stereocenters. The van der Waals surface area contributed by atoms with Crippen molar-refractivity contribution in [3.8, 4) is 11.3 Å². The van der Waals surface area contributed by atoms with Gasteiger partial charge in [0.25, 0.3) is 11.6 Å². The maximum Gasteiger partial charge on any atom is 0.292 e. The molecule has 0 aliphatic heterocycles. The average molecular weight is 397 g/mol. The number of nitro groups is 1. The monoisotopic (exact) mass is 397 g/mol. The van der Waals surface area contributed by atoms with Crippen LogP contribution >= 0.6 is 11.3 Å². The molecule has 1 aromatic heterocycles. The van der Waals surface area contributed by atoms with E-state index >= 15 is 0 Å². The van der Waals surface area contributed by atoms with Gasteiger partial charge in [0.15, 0.2) is 5.13 Å². The second kappa shape index (κ2) is 7.84. The van der Waals surface area contributed by atoms with Gasteiger partial charge in [-0.2, -0.15) is 0 Å². The van der Waals surface area contributed by atoms with Crippen molar-refractivity contribution in [3.05, 3.63) is 63.5 Å². The average Bonchev–Trinajstić information content (AvgIpc) is 3.10. The van der Waals surface area contributed by atoms with Gasteiger partial charge in [-0.25, -0.2) is 4.98 Å². The van der Waals surface area contributed by atoms with E-state index in [-0.39, 0.29) is 22.8 Å². The van der Waals surface area contributed by atoms with E-state index in [9.17, 15) is 19.7 Å². The standard InChI is InChI=1S/C18H15N5O4S/c1-10(24)20-13-5-2-11(3-6-13)15-9-28-18(21-15)22-17(25)12-4-7-14(19)16(8-12)23(26)27/h2-9H,19H2,1H3,(H,20,24)(H,21,22,25). The Bertz CT molecular complexity index is 1060. The predicted molar refractivity (Wildman–Crippen MR) is 107 cm³/mol. The molecule has 2 amide bonds. The van der Waals surface area contributed by atoms with Crippen molar-refractivity contribution >= 4 is 45.3 Å². The summed E-state index contributed by atoms with van der Waals surface area (Å²) in [5.41, 5.74) is 7.45. The van der Waals surface area contributed by atoms with Gasteiger partial charge in [0.1, 0.15) is 5.69 Å². The Balaban J connectivity index is 1.74. The largest absolute Gasteiger partial charge is 0.393 e. The van der Waals surface area contributed by atoms with Crippen molar-refractivity contribution in [1.29, 1.82) is 0 Å². The summed E-state index contributed by atoms with van der Waals surface area (Å²) < 4.78 is 0. The first-order chi connectivity index (χ1) is 13.3. The van der Waals surface area contributed by atoms with E-state index in [4.69, 9.17) is 5.73 Å². The minimum atomic E-state index is -0.641. The third-order valence-electron chi connectivity index (χ3n) is 3.72. The zero-order valence-corrected chi connectivity index (χ0v) is 15.4. The van der Waals surface area contributed by atoms with Crippen LogP contribution in [0.5, 0.6) is 0 Å². The molecular weight excluding hydrogens is 382 g/mol. The molecule has 2 aromatic carbocycles. The molecular formula is C18H15N5O4S. The molecule has 9 nitrogen and oxygen atoms in total. The van der Waals surface area contributed by atoms with E-state index in [1.807, 2.05) is 0 Å². The number of hydrogen-bond acceptors (Lipinski definition) is 7. The summed E-state index contributed by atoms with van der Waals surface area (Å²) in [6.07, 6.45) is 0. The van der Waals surface area contributed by atoms with E-state index < -0.39 is 10.8 Å². The predicted octanol–water partition coefficient (Wildman–Crippen LogP) is 3.51. The maximum absolute atomic E-state index is 12.3. The third kappa shape index (κ3) is 4.30. The quantitative estimate of drug-likeness (QED) is 0.342. The van der Waals surface area contributed by atoms with E-state index in [0.29, 0.717) is 16.5 Å². The molecule has 0 radical (unpaired) electrons. The number of rotatable bonds is 5. The number of nitrogens with zero attached hydrogens (tertiary/aromatic N) is 2. The lowest BCUT2D eigenvalue weighted by molar-refractivity contribution is -0.383. The van der Waals surface area contributed by atoms with Gasteiger partial charge in [-0.1, -0.05) is 12.1 Å². The Morgan fingerprint density at radius 1 is 1.14 bits per heavy atom. The summed E-state index contributed by atoms with van der Waals surface area (Å²) >= 11 is 1.22. The van der Waals surface area contributed by atoms with Gasteiger partial charge in [0, 0.05) is 35.2 Å². The van der Waals surface area contributed by atoms with E-state index in [1.54, 1.807) is 29.6 Å². The highest BCUT2D eigenvalue weighted by Gasteiger charge is 2.17. The number of benzene rings is 2. The van der Waals surface area contributed by atoms with Gasteiger partial charge in [-0.15, -0.1) is 11.3 Å². The van der Waals surface area contributed by atoms with Crippen LogP contribution in [0, 0.1) is 10.1 Å². The lowest BCUT2D eigenvalue weighted by atomic mass is 10.1. The number of hydrogen-bond donors (Lipinski definition) is 3. The fourth-order valence-corrected chi connectivity index (χ4v) is 3.12. The minimum Gasteiger partial charge on any atom is -0.393 e. The van der Waals surface area contributed by atoms with Gasteiger partial charge < -0.3 is 11.1 Å². The molecule has 3 rings (SSSR count). The Labute approximate surface area is 163 Å². The first-order valence-corrected chi connectivity index (χ1v) is 8.90. The van der Waals surface area contributed by atoms with Crippen molar-refractivity contribution in [3.63, 3.8) is 0 Å². The lowest BCUT2D eigenvalue weighted by Crippen LogP contribution is -2.12. The molecule has 1 heterocycles. The fraction of sp³-hybridized carbons (Fsp3) is 0.0556. The number of nitrogens with two attached hydrogens (primary N) is 1. The smallest absolute Gasteiger partial charge is 0.292 e. The first-order valence-electron chi connectivity index (χ1n) is 8.02. The Kier molecular flexibility index (Phi) is 5.32. The lowest BCUT2D eigenvalue weighted by Gasteiger charge is -2.04. The summed E-state index contributed by atoms with van der Waals surface area (Å²) in [4.78, 5) is 38.1. The maximum atomic E-state index is 12.3. The second-order valence-corrected chi connectivity index (χ2v) is 6.64. The number of anilines is 3. The number of aromatic nitrogens is 1. The summed E-state index contributed by atoms with van der Waals surface area (Å²) in [6, 6.07) is 11.0. The highest BCUT2D eigenvalue weighted by Crippen LogP contribution is 2.27. The Hall–Kier alpha value is -3.79. The number of nitrogens with one attached hydrogen (secondary N) is 2. The van der Waals surface area contributed by atoms with E-state index in [1.165, 1.54) is 30.4 Å². The zero-order chi connectivity index (χ0) is 20.3. The molecule has 0 spiro atoms. The molecule has 10 heteroatoms. The zero-order valence-electron chi connectivity index (χ0n) is 14.6. The molecule has 0 bridgehead atoms. The van der Waals surface area contributed by atoms with Gasteiger partial charge in [0.05, 0.1) is 10.6 Å². The fourth-order valence-electron chi connectivity index (χ4n) is 2.40. The van der Waals surface area contributed by atoms with Crippen LogP contribution in [0.25, 0.3) is 11.3 Å². The summed E-state index contributed by atoms with van der Waals surface area (Å²) in [6.45, 7) is 1.43. The van der Waals surface area contributed by atoms with Crippen LogP contribution in [0.3, 0.4) is 0 Å². The number of nitrogen functional groups attached to an aromatic ring is 1. The number of carbonyl (C=O) groups is 2. The molecule has 0 aliphatic carbocycles. The molecule has 28 heavy (non-hydrogen) atoms. The highest BCUT2D eigenvalue weighted by molar-refractivity contribution is 7.14. The molecule has 3 aromatic rings. The number of carbonyl (C=O) groups excluding carboxylic acids is 2. The van der Waals surface area contributed by atoms with Gasteiger partial charge in [-0.3, -0.25) is 25.0 Å². The molecule has 142 valence electrons. The minimum absolute atomic E-state index is 0.0132. The van der Waals surface area contributed by atoms with Crippen LogP contribution in [0.4, 0.5) is 22.2 Å². The van der Waals surface area contributed by atoms with Crippen LogP contribution in [-0.2, 0) is 4.79 Å². The topological polar surface area (TPSA) is 140 Å². The van der Waals surface area contributed by atoms with E-state index in [0.717, 1.165) is 11.6 Å². The summed E-state index contributed by atoms with van der Waals surface area (Å²) in [5.74, 6) is -0.681. The van der Waals surface area contributed by atoms with E-state index in [2.05, 4.69) is 15.6 Å². The van der Waals surface area contributed by atoms with Crippen LogP contribution in [0.2, 0.25) is 0 Å². The second-order valence-electron chi connectivity index (χ2n) is 5.78. The van der Waals surface area contributed by atoms with Gasteiger partial charge in [-0.05, 0) is 24.3 Å². The Morgan fingerprint density at radius 2 is 1.86 bits per heavy atom. The normalized spacial score (nSPS) is 10.3. The van der Waals surface area contributed by atoms with Crippen molar-refractivity contribution in [1.82, 2.24) is 4.98 Å². The summed E-state index contributed by atoms with van der Waals surface area (Å²) in [5, 5.41) is 18.4. The number of thiazole rings is 1. The van der Waals surface area contributed by atoms with Gasteiger partial charge >= 0.3 is 0 Å². The molecule has 0 atom stereocenters. The number of amides is 2. The molecule has 0 fully saturated rings. The van der Waals surface area contributed by atoms with Crippen molar-refractivity contribution < 1.29 is 14.5 Å². The van der Waals surface area contributed by atoms with Crippen LogP contribution in [-0.4, -0.2) is 21.7 Å². The van der Waals surface area contributed by atoms with Crippen molar-refractivity contribution in [2.24, 2.45) is 0 Å². The Morgan fingerprint density at radius 3 is 2.50 bits per heavy atom. The molecule has 0 aliphatic rings. The van der Waals surface area contributed by atoms with Crippen LogP contribution < -0.4 is 16.4 Å². The molecule has 0 saturated heterocycles. The van der Waals surface area contributed by atoms with Crippen LogP contribution in [0.15, 0.2) is 47.8 Å². The van der Waals surface area contributed by atoms with Gasteiger partial charge in [0.2, 0.25) is 5.91 Å². The first kappa shape index (κ1) is 19.0. The SMILES string of the molecule is CC(=O)Nc1ccc(-c2csc(NC(=O)c3ccc(N)c([N+](=O)[O-])c3)n2)cc1.